The number of aryl methyl sites for hydroxylation is 1. The van der Waals surface area contributed by atoms with Crippen LogP contribution in [0, 0.1) is 6.92 Å². The number of nitrogens with zero attached hydrogens (tertiary/aromatic N) is 6. The van der Waals surface area contributed by atoms with Gasteiger partial charge < -0.3 is 0 Å². The summed E-state index contributed by atoms with van der Waals surface area (Å²) in [6.45, 7) is 12.5. The second kappa shape index (κ2) is 9.60. The molecule has 1 aromatic heterocycles. The maximum Gasteiger partial charge on any atom is 0.198 e. The summed E-state index contributed by atoms with van der Waals surface area (Å²) in [7, 11) is -3.54. The highest BCUT2D eigenvalue weighted by Crippen LogP contribution is 2.26. The van der Waals surface area contributed by atoms with Gasteiger partial charge in [-0.15, -0.1) is 11.7 Å². The van der Waals surface area contributed by atoms with Crippen LogP contribution < -0.4 is 0 Å². The maximum atomic E-state index is 12.9. The van der Waals surface area contributed by atoms with E-state index in [9.17, 15) is 8.42 Å². The Kier molecular flexibility index (Phi) is 7.15. The molecule has 8 nitrogen and oxygen atoms in total. The van der Waals surface area contributed by atoms with Crippen LogP contribution >= 0.6 is 0 Å². The summed E-state index contributed by atoms with van der Waals surface area (Å²) in [6, 6.07) is 6.88. The van der Waals surface area contributed by atoms with Gasteiger partial charge in [-0.25, -0.2) is 13.1 Å². The third-order valence-corrected chi connectivity index (χ3v) is 6.90. The number of rotatable bonds is 9. The molecule has 158 valence electrons. The summed E-state index contributed by atoms with van der Waals surface area (Å²) in [5, 5.41) is 12.0. The van der Waals surface area contributed by atoms with Crippen molar-refractivity contribution in [2.24, 2.45) is 0 Å². The molecule has 2 aromatic rings. The van der Waals surface area contributed by atoms with E-state index in [4.69, 9.17) is 0 Å². The van der Waals surface area contributed by atoms with E-state index >= 15 is 0 Å². The van der Waals surface area contributed by atoms with E-state index < -0.39 is 9.84 Å². The normalized spacial score (nSPS) is 17.3. The van der Waals surface area contributed by atoms with Gasteiger partial charge in [0.1, 0.15) is 0 Å². The van der Waals surface area contributed by atoms with Crippen LogP contribution in [0.5, 0.6) is 0 Å². The Hall–Kier alpha value is -2.10. The van der Waals surface area contributed by atoms with E-state index in [0.717, 1.165) is 51.1 Å². The minimum Gasteiger partial charge on any atom is -0.297 e. The highest BCUT2D eigenvalue weighted by molar-refractivity contribution is 7.90. The first kappa shape index (κ1) is 21.6. The lowest BCUT2D eigenvalue weighted by molar-refractivity contribution is 0.0925. The highest BCUT2D eigenvalue weighted by atomic mass is 32.2. The van der Waals surface area contributed by atoms with Crippen molar-refractivity contribution in [1.82, 2.24) is 30.0 Å². The van der Waals surface area contributed by atoms with Gasteiger partial charge in [-0.3, -0.25) is 9.80 Å². The Morgan fingerprint density at radius 3 is 2.48 bits per heavy atom. The standard InChI is InChI=1S/C20H30N6O2S/c1-4-6-19(25-14-12-24(11-5-2)13-15-25)20-21-22-23-26(20)16-29(27,28)18-9-7-17(3)8-10-18/h5,7-10,19H,2,4,6,11-16H2,1,3H3/t19-/m0/s1. The predicted octanol–water partition coefficient (Wildman–Crippen LogP) is 2.06. The van der Waals surface area contributed by atoms with Gasteiger partial charge in [0, 0.05) is 32.7 Å². The summed E-state index contributed by atoms with van der Waals surface area (Å²) < 4.78 is 27.2. The van der Waals surface area contributed by atoms with Gasteiger partial charge in [-0.1, -0.05) is 37.1 Å². The van der Waals surface area contributed by atoms with Crippen molar-refractivity contribution in [2.75, 3.05) is 32.7 Å². The molecule has 0 saturated carbocycles. The van der Waals surface area contributed by atoms with Crippen LogP contribution in [0.2, 0.25) is 0 Å². The highest BCUT2D eigenvalue weighted by Gasteiger charge is 2.29. The topological polar surface area (TPSA) is 84.2 Å². The molecule has 0 bridgehead atoms. The third kappa shape index (κ3) is 5.29. The molecule has 0 N–H and O–H groups in total. The molecule has 1 aliphatic rings. The third-order valence-electron chi connectivity index (χ3n) is 5.33. The van der Waals surface area contributed by atoms with Gasteiger partial charge in [0.25, 0.3) is 0 Å². The van der Waals surface area contributed by atoms with Gasteiger partial charge in [0.15, 0.2) is 21.5 Å². The zero-order valence-electron chi connectivity index (χ0n) is 17.2. The van der Waals surface area contributed by atoms with Gasteiger partial charge in [-0.05, 0) is 35.9 Å². The number of hydrogen-bond acceptors (Lipinski definition) is 7. The van der Waals surface area contributed by atoms with Crippen LogP contribution in [0.25, 0.3) is 0 Å². The van der Waals surface area contributed by atoms with Crippen LogP contribution in [-0.2, 0) is 15.7 Å². The second-order valence-electron chi connectivity index (χ2n) is 7.52. The molecular weight excluding hydrogens is 388 g/mol. The average Bonchev–Trinajstić information content (AvgIpc) is 3.14. The SMILES string of the molecule is C=CCN1CCN([C@@H](CCC)c2nnnn2CS(=O)(=O)c2ccc(C)cc2)CC1. The lowest BCUT2D eigenvalue weighted by Crippen LogP contribution is -2.48. The second-order valence-corrected chi connectivity index (χ2v) is 9.48. The fraction of sp³-hybridized carbons (Fsp3) is 0.550. The molecule has 2 heterocycles. The van der Waals surface area contributed by atoms with Gasteiger partial charge in [-0.2, -0.15) is 0 Å². The largest absolute Gasteiger partial charge is 0.297 e. The summed E-state index contributed by atoms with van der Waals surface area (Å²) >= 11 is 0. The van der Waals surface area contributed by atoms with Crippen LogP contribution in [0.4, 0.5) is 0 Å². The molecule has 0 amide bonds. The first-order valence-electron chi connectivity index (χ1n) is 10.1. The number of tetrazole rings is 1. The number of sulfone groups is 1. The molecule has 0 aliphatic carbocycles. The Balaban J connectivity index is 1.79. The minimum absolute atomic E-state index is 0.00842. The molecule has 1 aliphatic heterocycles. The molecule has 3 rings (SSSR count). The lowest BCUT2D eigenvalue weighted by Gasteiger charge is -2.38. The zero-order valence-corrected chi connectivity index (χ0v) is 18.1. The first-order valence-corrected chi connectivity index (χ1v) is 11.7. The average molecular weight is 419 g/mol. The van der Waals surface area contributed by atoms with Crippen molar-refractivity contribution in [3.8, 4) is 0 Å². The van der Waals surface area contributed by atoms with Crippen LogP contribution in [-0.4, -0.2) is 71.1 Å². The van der Waals surface area contributed by atoms with E-state index in [1.54, 1.807) is 24.3 Å². The number of benzene rings is 1. The number of hydrogen-bond donors (Lipinski definition) is 0. The van der Waals surface area contributed by atoms with E-state index in [2.05, 4.69) is 38.8 Å². The Morgan fingerprint density at radius 2 is 1.86 bits per heavy atom. The van der Waals surface area contributed by atoms with Crippen molar-refractivity contribution in [3.05, 3.63) is 48.3 Å². The summed E-state index contributed by atoms with van der Waals surface area (Å²) in [5.41, 5.74) is 1.02. The smallest absolute Gasteiger partial charge is 0.198 e. The fourth-order valence-electron chi connectivity index (χ4n) is 3.71. The molecule has 1 fully saturated rings. The Bertz CT molecular complexity index is 901. The van der Waals surface area contributed by atoms with Crippen molar-refractivity contribution in [3.63, 3.8) is 0 Å². The predicted molar refractivity (Wildman–Crippen MR) is 112 cm³/mol. The van der Waals surface area contributed by atoms with E-state index in [0.29, 0.717) is 5.82 Å². The molecule has 1 atom stereocenters. The van der Waals surface area contributed by atoms with Gasteiger partial charge in [0.05, 0.1) is 10.9 Å². The maximum absolute atomic E-state index is 12.9. The summed E-state index contributed by atoms with van der Waals surface area (Å²) in [5.74, 6) is 0.370. The van der Waals surface area contributed by atoms with E-state index in [1.807, 2.05) is 13.0 Å². The molecule has 29 heavy (non-hydrogen) atoms. The Morgan fingerprint density at radius 1 is 1.17 bits per heavy atom. The van der Waals surface area contributed by atoms with Crippen LogP contribution in [0.1, 0.15) is 37.2 Å². The molecule has 0 radical (unpaired) electrons. The number of piperazine rings is 1. The molecular formula is C20H30N6O2S. The quantitative estimate of drug-likeness (QED) is 0.576. The van der Waals surface area contributed by atoms with E-state index in [-0.39, 0.29) is 16.8 Å². The summed E-state index contributed by atoms with van der Waals surface area (Å²) in [4.78, 5) is 5.01. The number of aromatic nitrogens is 4. The molecule has 9 heteroatoms. The monoisotopic (exact) mass is 418 g/mol. The molecule has 1 saturated heterocycles. The molecule has 0 unspecified atom stereocenters. The summed E-state index contributed by atoms with van der Waals surface area (Å²) in [6.07, 6.45) is 3.77. The van der Waals surface area contributed by atoms with Gasteiger partial charge >= 0.3 is 0 Å². The zero-order chi connectivity index (χ0) is 20.9. The van der Waals surface area contributed by atoms with Crippen molar-refractivity contribution in [1.29, 1.82) is 0 Å². The van der Waals surface area contributed by atoms with E-state index in [1.165, 1.54) is 4.68 Å². The van der Waals surface area contributed by atoms with Crippen LogP contribution in [0.3, 0.4) is 0 Å². The van der Waals surface area contributed by atoms with Crippen molar-refractivity contribution in [2.45, 2.75) is 43.5 Å². The minimum atomic E-state index is -3.54. The van der Waals surface area contributed by atoms with Crippen molar-refractivity contribution >= 4 is 9.84 Å². The lowest BCUT2D eigenvalue weighted by atomic mass is 10.1. The first-order chi connectivity index (χ1) is 13.9. The molecule has 0 spiro atoms. The van der Waals surface area contributed by atoms with Crippen molar-refractivity contribution < 1.29 is 8.42 Å². The van der Waals surface area contributed by atoms with Gasteiger partial charge in [0.2, 0.25) is 0 Å². The van der Waals surface area contributed by atoms with Crippen LogP contribution in [0.15, 0.2) is 41.8 Å². The Labute approximate surface area is 173 Å². The fourth-order valence-corrected chi connectivity index (χ4v) is 4.92. The molecule has 1 aromatic carbocycles.